The molecule has 0 aliphatic rings. The summed E-state index contributed by atoms with van der Waals surface area (Å²) in [5, 5.41) is 4.00. The average molecular weight is 660 g/mol. The molecule has 2 aromatic heterocycles. The third-order valence-corrected chi connectivity index (χ3v) is 8.78. The van der Waals surface area contributed by atoms with Crippen molar-refractivity contribution in [3.63, 3.8) is 0 Å². The molecule has 2 heterocycles. The van der Waals surface area contributed by atoms with Gasteiger partial charge in [-0.05, 0) is 110 Å². The van der Waals surface area contributed by atoms with Gasteiger partial charge in [0, 0.05) is 17.0 Å². The predicted molar refractivity (Wildman–Crippen MR) is 181 cm³/mol. The van der Waals surface area contributed by atoms with E-state index in [4.69, 9.17) is 4.42 Å². The predicted octanol–water partition coefficient (Wildman–Crippen LogP) is 12.8. The van der Waals surface area contributed by atoms with Gasteiger partial charge >= 0.3 is 12.4 Å². The first-order valence-electron chi connectivity index (χ1n) is 15.3. The van der Waals surface area contributed by atoms with Crippen molar-refractivity contribution in [1.82, 2.24) is 4.98 Å². The molecule has 2 nitrogen and oxygen atoms in total. The van der Waals surface area contributed by atoms with Crippen molar-refractivity contribution in [1.29, 1.82) is 0 Å². The van der Waals surface area contributed by atoms with Crippen LogP contribution in [0.2, 0.25) is 0 Å². The number of hydrogen-bond acceptors (Lipinski definition) is 2. The molecule has 0 saturated carbocycles. The Morgan fingerprint density at radius 3 is 1.41 bits per heavy atom. The van der Waals surface area contributed by atoms with Crippen LogP contribution in [0.3, 0.4) is 0 Å². The molecule has 0 atom stereocenters. The van der Waals surface area contributed by atoms with Crippen molar-refractivity contribution in [2.75, 3.05) is 0 Å². The number of fused-ring (bicyclic) bond motifs is 4. The Balaban J connectivity index is 1.07. The average Bonchev–Trinajstić information content (AvgIpc) is 3.48. The van der Waals surface area contributed by atoms with Gasteiger partial charge in [0.25, 0.3) is 0 Å². The summed E-state index contributed by atoms with van der Waals surface area (Å²) in [6.45, 7) is 0. The molecule has 8 rings (SSSR count). The van der Waals surface area contributed by atoms with E-state index in [9.17, 15) is 26.3 Å². The maximum absolute atomic E-state index is 13.4. The zero-order valence-corrected chi connectivity index (χ0v) is 25.4. The number of pyridine rings is 1. The van der Waals surface area contributed by atoms with E-state index < -0.39 is 23.5 Å². The van der Waals surface area contributed by atoms with Gasteiger partial charge < -0.3 is 4.42 Å². The second-order valence-corrected chi connectivity index (χ2v) is 11.9. The van der Waals surface area contributed by atoms with Gasteiger partial charge in [0.05, 0.1) is 11.1 Å². The minimum atomic E-state index is -4.91. The Labute approximate surface area is 275 Å². The highest BCUT2D eigenvalue weighted by Gasteiger charge is 2.37. The zero-order valence-electron chi connectivity index (χ0n) is 25.4. The summed E-state index contributed by atoms with van der Waals surface area (Å²) in [7, 11) is 0. The van der Waals surface area contributed by atoms with Crippen LogP contribution in [0.4, 0.5) is 26.3 Å². The van der Waals surface area contributed by atoms with Gasteiger partial charge in [-0.15, -0.1) is 0 Å². The van der Waals surface area contributed by atoms with Crippen LogP contribution < -0.4 is 0 Å². The first-order valence-corrected chi connectivity index (χ1v) is 15.3. The van der Waals surface area contributed by atoms with Crippen LogP contribution in [0.25, 0.3) is 77.3 Å². The second-order valence-electron chi connectivity index (χ2n) is 11.9. The largest absolute Gasteiger partial charge is 0.438 e. The van der Waals surface area contributed by atoms with Gasteiger partial charge in [-0.25, -0.2) is 4.98 Å². The van der Waals surface area contributed by atoms with Crippen LogP contribution in [0.1, 0.15) is 11.1 Å². The van der Waals surface area contributed by atoms with Gasteiger partial charge in [-0.1, -0.05) is 78.9 Å². The second kappa shape index (κ2) is 11.4. The summed E-state index contributed by atoms with van der Waals surface area (Å²) < 4.78 is 86.2. The molecular weight excluding hydrogens is 636 g/mol. The molecule has 0 amide bonds. The van der Waals surface area contributed by atoms with Crippen LogP contribution in [-0.4, -0.2) is 4.98 Å². The van der Waals surface area contributed by atoms with Gasteiger partial charge in [-0.3, -0.25) is 0 Å². The molecule has 0 saturated heterocycles. The monoisotopic (exact) mass is 659 g/mol. The highest BCUT2D eigenvalue weighted by Crippen LogP contribution is 2.39. The SMILES string of the molecule is FC(F)(F)c1cc(-c2ccc(-c3ccc4ccc(-c5ccc(-c6ccc7oc8ncccc8c7c6)cc5)cc4c3)cc2)cc(C(F)(F)F)c1. The summed E-state index contributed by atoms with van der Waals surface area (Å²) in [4.78, 5) is 4.31. The number of aromatic nitrogens is 1. The van der Waals surface area contributed by atoms with E-state index >= 15 is 0 Å². The third-order valence-electron chi connectivity index (χ3n) is 8.78. The van der Waals surface area contributed by atoms with Crippen molar-refractivity contribution < 1.29 is 30.8 Å². The maximum Gasteiger partial charge on any atom is 0.416 e. The highest BCUT2D eigenvalue weighted by molar-refractivity contribution is 6.05. The number of rotatable bonds is 4. The Bertz CT molecular complexity index is 2480. The molecular formula is C41H23F6NO. The molecule has 0 aliphatic heterocycles. The van der Waals surface area contributed by atoms with E-state index in [1.807, 2.05) is 48.5 Å². The molecule has 6 aromatic carbocycles. The minimum absolute atomic E-state index is 0.136. The molecule has 0 radical (unpaired) electrons. The molecule has 0 N–H and O–H groups in total. The molecule has 8 aromatic rings. The van der Waals surface area contributed by atoms with E-state index in [-0.39, 0.29) is 17.2 Å². The van der Waals surface area contributed by atoms with Crippen LogP contribution in [0.15, 0.2) is 144 Å². The summed E-state index contributed by atoms with van der Waals surface area (Å²) in [6.07, 6.45) is -8.11. The Morgan fingerprint density at radius 1 is 0.408 bits per heavy atom. The number of benzene rings is 6. The molecule has 0 bridgehead atoms. The number of alkyl halides is 6. The van der Waals surface area contributed by atoms with Gasteiger partial charge in [0.1, 0.15) is 5.58 Å². The highest BCUT2D eigenvalue weighted by atomic mass is 19.4. The lowest BCUT2D eigenvalue weighted by molar-refractivity contribution is -0.143. The Hall–Kier alpha value is -5.89. The fourth-order valence-electron chi connectivity index (χ4n) is 6.23. The molecule has 0 unspecified atom stereocenters. The normalized spacial score (nSPS) is 12.3. The van der Waals surface area contributed by atoms with E-state index in [1.165, 1.54) is 12.1 Å². The van der Waals surface area contributed by atoms with Gasteiger partial charge in [-0.2, -0.15) is 26.3 Å². The molecule has 0 fully saturated rings. The summed E-state index contributed by atoms with van der Waals surface area (Å²) in [5.41, 5.74) is 4.65. The first-order chi connectivity index (χ1) is 23.5. The lowest BCUT2D eigenvalue weighted by atomic mass is 9.95. The maximum atomic E-state index is 13.4. The Kier molecular flexibility index (Phi) is 7.07. The van der Waals surface area contributed by atoms with Gasteiger partial charge in [0.2, 0.25) is 5.71 Å². The van der Waals surface area contributed by atoms with E-state index in [0.717, 1.165) is 72.6 Å². The van der Waals surface area contributed by atoms with Crippen LogP contribution in [0.5, 0.6) is 0 Å². The standard InChI is InChI=1S/C41H23F6NO/c42-40(43,44)34-20-33(21-35(23-34)41(45,46)47)28-9-7-25(8-10-28)30-14-12-27-11-13-29(18-32(27)19-30)24-3-5-26(6-4-24)31-15-16-38-37(22-31)36-2-1-17-48-39(36)49-38/h1-23H. The smallest absolute Gasteiger partial charge is 0.416 e. The van der Waals surface area contributed by atoms with Crippen molar-refractivity contribution >= 4 is 32.8 Å². The molecule has 240 valence electrons. The number of hydrogen-bond donors (Lipinski definition) is 0. The van der Waals surface area contributed by atoms with Crippen molar-refractivity contribution in [3.8, 4) is 44.5 Å². The molecule has 0 aliphatic carbocycles. The third kappa shape index (κ3) is 5.80. The first kappa shape index (κ1) is 30.4. The van der Waals surface area contributed by atoms with Crippen molar-refractivity contribution in [3.05, 3.63) is 151 Å². The lowest BCUT2D eigenvalue weighted by Gasteiger charge is -2.14. The number of furan rings is 1. The van der Waals surface area contributed by atoms with Crippen LogP contribution >= 0.6 is 0 Å². The van der Waals surface area contributed by atoms with Gasteiger partial charge in [0.15, 0.2) is 0 Å². The number of halogens is 6. The van der Waals surface area contributed by atoms with Crippen LogP contribution in [-0.2, 0) is 12.4 Å². The van der Waals surface area contributed by atoms with Crippen LogP contribution in [0, 0.1) is 0 Å². The molecule has 49 heavy (non-hydrogen) atoms. The summed E-state index contributed by atoms with van der Waals surface area (Å²) in [6, 6.07) is 38.6. The topological polar surface area (TPSA) is 26.0 Å². The Morgan fingerprint density at radius 2 is 0.878 bits per heavy atom. The summed E-state index contributed by atoms with van der Waals surface area (Å²) >= 11 is 0. The summed E-state index contributed by atoms with van der Waals surface area (Å²) in [5.74, 6) is 0. The number of nitrogens with zero attached hydrogens (tertiary/aromatic N) is 1. The van der Waals surface area contributed by atoms with Crippen molar-refractivity contribution in [2.24, 2.45) is 0 Å². The van der Waals surface area contributed by atoms with E-state index in [1.54, 1.807) is 18.3 Å². The zero-order chi connectivity index (χ0) is 33.9. The fourth-order valence-corrected chi connectivity index (χ4v) is 6.23. The molecule has 0 spiro atoms. The van der Waals surface area contributed by atoms with E-state index in [0.29, 0.717) is 5.71 Å². The van der Waals surface area contributed by atoms with Crippen molar-refractivity contribution in [2.45, 2.75) is 12.4 Å². The lowest BCUT2D eigenvalue weighted by Crippen LogP contribution is -2.11. The fraction of sp³-hybridized carbons (Fsp3) is 0.0488. The quantitative estimate of drug-likeness (QED) is 0.176. The van der Waals surface area contributed by atoms with E-state index in [2.05, 4.69) is 47.4 Å². The minimum Gasteiger partial charge on any atom is -0.438 e. The molecule has 8 heteroatoms.